The summed E-state index contributed by atoms with van der Waals surface area (Å²) in [6, 6.07) is 8.67. The van der Waals surface area contributed by atoms with E-state index in [-0.39, 0.29) is 11.6 Å². The highest BCUT2D eigenvalue weighted by atomic mass is 16.3. The molecule has 18 heavy (non-hydrogen) atoms. The van der Waals surface area contributed by atoms with Crippen LogP contribution in [0.2, 0.25) is 0 Å². The van der Waals surface area contributed by atoms with E-state index in [0.29, 0.717) is 0 Å². The van der Waals surface area contributed by atoms with Crippen molar-refractivity contribution in [3.05, 3.63) is 35.4 Å². The Balaban J connectivity index is 2.02. The van der Waals surface area contributed by atoms with Gasteiger partial charge in [-0.05, 0) is 56.8 Å². The van der Waals surface area contributed by atoms with Gasteiger partial charge in [0.25, 0.3) is 0 Å². The Hall–Kier alpha value is -0.860. The monoisotopic (exact) mass is 245 g/mol. The summed E-state index contributed by atoms with van der Waals surface area (Å²) in [5, 5.41) is 10.6. The minimum Gasteiger partial charge on any atom is -0.391 e. The number of benzene rings is 1. The summed E-state index contributed by atoms with van der Waals surface area (Å²) in [5.41, 5.74) is 2.61. The molecule has 2 nitrogen and oxygen atoms in total. The van der Waals surface area contributed by atoms with E-state index in [9.17, 15) is 5.11 Å². The number of piperidine rings is 1. The van der Waals surface area contributed by atoms with Crippen LogP contribution in [0.3, 0.4) is 0 Å². The molecule has 0 saturated carbocycles. The first-order chi connectivity index (χ1) is 8.73. The van der Waals surface area contributed by atoms with E-state index in [1.165, 1.54) is 30.4 Å². The lowest BCUT2D eigenvalue weighted by atomic mass is 9.74. The number of nitrogens with zero attached hydrogens (tertiary/aromatic N) is 1. The first-order valence-corrected chi connectivity index (χ1v) is 7.24. The summed E-state index contributed by atoms with van der Waals surface area (Å²) in [5.74, 6) is 0. The molecule has 1 fully saturated rings. The lowest BCUT2D eigenvalue weighted by Crippen LogP contribution is -2.55. The fraction of sp³-hybridized carbons (Fsp3) is 0.625. The van der Waals surface area contributed by atoms with E-state index < -0.39 is 0 Å². The average Bonchev–Trinajstić information content (AvgIpc) is 2.44. The van der Waals surface area contributed by atoms with Gasteiger partial charge in [0.15, 0.2) is 0 Å². The Labute approximate surface area is 110 Å². The van der Waals surface area contributed by atoms with Crippen LogP contribution in [0.4, 0.5) is 0 Å². The molecule has 1 saturated heterocycles. The summed E-state index contributed by atoms with van der Waals surface area (Å²) < 4.78 is 0. The fourth-order valence-corrected chi connectivity index (χ4v) is 3.72. The maximum atomic E-state index is 10.6. The zero-order valence-electron chi connectivity index (χ0n) is 11.2. The number of hydrogen-bond donors (Lipinski definition) is 1. The molecule has 98 valence electrons. The molecule has 2 heteroatoms. The van der Waals surface area contributed by atoms with Crippen molar-refractivity contribution in [3.63, 3.8) is 0 Å². The summed E-state index contributed by atoms with van der Waals surface area (Å²) >= 11 is 0. The number of fused-ring (bicyclic) bond motifs is 1. The highest BCUT2D eigenvalue weighted by molar-refractivity contribution is 5.37. The zero-order valence-corrected chi connectivity index (χ0v) is 11.2. The number of hydrogen-bond acceptors (Lipinski definition) is 2. The molecule has 0 bridgehead atoms. The molecule has 1 N–H and O–H groups in total. The van der Waals surface area contributed by atoms with Crippen LogP contribution in [-0.2, 0) is 12.0 Å². The van der Waals surface area contributed by atoms with Gasteiger partial charge in [0.2, 0.25) is 0 Å². The van der Waals surface area contributed by atoms with Gasteiger partial charge in [-0.25, -0.2) is 0 Å². The summed E-state index contributed by atoms with van der Waals surface area (Å²) in [6.45, 7) is 4.49. The van der Waals surface area contributed by atoms with E-state index in [1.807, 2.05) is 0 Å². The molecule has 1 heterocycles. The lowest BCUT2D eigenvalue weighted by molar-refractivity contribution is -0.0450. The molecule has 0 amide bonds. The van der Waals surface area contributed by atoms with E-state index >= 15 is 0 Å². The van der Waals surface area contributed by atoms with Crippen molar-refractivity contribution in [3.8, 4) is 0 Å². The van der Waals surface area contributed by atoms with Crippen LogP contribution in [0.1, 0.15) is 43.7 Å². The molecule has 2 aliphatic rings. The van der Waals surface area contributed by atoms with Gasteiger partial charge in [0, 0.05) is 0 Å². The van der Waals surface area contributed by atoms with Crippen LogP contribution >= 0.6 is 0 Å². The third-order valence-corrected chi connectivity index (χ3v) is 4.91. The van der Waals surface area contributed by atoms with Gasteiger partial charge in [-0.2, -0.15) is 0 Å². The van der Waals surface area contributed by atoms with E-state index in [1.54, 1.807) is 0 Å². The molecular weight excluding hydrogens is 222 g/mol. The Bertz CT molecular complexity index is 425. The van der Waals surface area contributed by atoms with Crippen LogP contribution < -0.4 is 0 Å². The Morgan fingerprint density at radius 1 is 1.17 bits per heavy atom. The van der Waals surface area contributed by atoms with Crippen molar-refractivity contribution >= 4 is 0 Å². The van der Waals surface area contributed by atoms with Crippen LogP contribution in [0.15, 0.2) is 24.3 Å². The van der Waals surface area contributed by atoms with Gasteiger partial charge in [0.05, 0.1) is 11.6 Å². The topological polar surface area (TPSA) is 23.5 Å². The molecule has 1 aliphatic carbocycles. The van der Waals surface area contributed by atoms with Gasteiger partial charge < -0.3 is 5.11 Å². The highest BCUT2D eigenvalue weighted by Crippen LogP contribution is 2.41. The minimum absolute atomic E-state index is 0.171. The number of likely N-dealkylation sites (tertiary alicyclic amines) is 1. The van der Waals surface area contributed by atoms with Crippen molar-refractivity contribution < 1.29 is 5.11 Å². The fourth-order valence-electron chi connectivity index (χ4n) is 3.72. The van der Waals surface area contributed by atoms with E-state index in [4.69, 9.17) is 0 Å². The summed E-state index contributed by atoms with van der Waals surface area (Å²) in [7, 11) is 0. The second kappa shape index (κ2) is 4.67. The van der Waals surface area contributed by atoms with Gasteiger partial charge >= 0.3 is 0 Å². The normalized spacial score (nSPS) is 33.1. The smallest absolute Gasteiger partial charge is 0.0766 e. The Kier molecular flexibility index (Phi) is 3.16. The van der Waals surface area contributed by atoms with Crippen molar-refractivity contribution in [2.24, 2.45) is 0 Å². The van der Waals surface area contributed by atoms with Crippen LogP contribution in [0.25, 0.3) is 0 Å². The third-order valence-electron chi connectivity index (χ3n) is 4.91. The molecule has 2 unspecified atom stereocenters. The SMILES string of the molecule is CC1(N2CCCCC2)c2ccccc2CCC1O. The largest absolute Gasteiger partial charge is 0.391 e. The number of aryl methyl sites for hydroxylation is 1. The van der Waals surface area contributed by atoms with Gasteiger partial charge in [0.1, 0.15) is 0 Å². The van der Waals surface area contributed by atoms with Gasteiger partial charge in [-0.1, -0.05) is 30.7 Å². The van der Waals surface area contributed by atoms with Crippen LogP contribution in [0, 0.1) is 0 Å². The molecule has 2 atom stereocenters. The first kappa shape index (κ1) is 12.2. The maximum absolute atomic E-state index is 10.6. The number of aliphatic hydroxyl groups excluding tert-OH is 1. The van der Waals surface area contributed by atoms with Crippen molar-refractivity contribution in [1.82, 2.24) is 4.90 Å². The summed E-state index contributed by atoms with van der Waals surface area (Å²) in [4.78, 5) is 2.51. The molecular formula is C16H23NO. The molecule has 0 spiro atoms. The third kappa shape index (κ3) is 1.79. The standard InChI is InChI=1S/C16H23NO/c1-16(17-11-5-2-6-12-17)14-8-4-3-7-13(14)9-10-15(16)18/h3-4,7-8,15,18H,2,5-6,9-12H2,1H3. The summed E-state index contributed by atoms with van der Waals surface area (Å²) in [6.07, 6.45) is 5.55. The second-order valence-corrected chi connectivity index (χ2v) is 5.91. The minimum atomic E-state index is -0.231. The average molecular weight is 245 g/mol. The maximum Gasteiger partial charge on any atom is 0.0766 e. The van der Waals surface area contributed by atoms with Crippen molar-refractivity contribution in [2.75, 3.05) is 13.1 Å². The number of rotatable bonds is 1. The predicted molar refractivity (Wildman–Crippen MR) is 73.5 cm³/mol. The first-order valence-electron chi connectivity index (χ1n) is 7.24. The van der Waals surface area contributed by atoms with E-state index in [2.05, 4.69) is 36.1 Å². The molecule has 3 rings (SSSR count). The zero-order chi connectivity index (χ0) is 12.6. The predicted octanol–water partition coefficient (Wildman–Crippen LogP) is 2.69. The van der Waals surface area contributed by atoms with Crippen LogP contribution in [-0.4, -0.2) is 29.2 Å². The molecule has 1 aliphatic heterocycles. The molecule has 0 aromatic heterocycles. The molecule has 1 aromatic rings. The molecule has 0 radical (unpaired) electrons. The number of aliphatic hydroxyl groups is 1. The Morgan fingerprint density at radius 2 is 1.89 bits per heavy atom. The van der Waals surface area contributed by atoms with Crippen molar-refractivity contribution in [1.29, 1.82) is 0 Å². The Morgan fingerprint density at radius 3 is 2.67 bits per heavy atom. The van der Waals surface area contributed by atoms with E-state index in [0.717, 1.165) is 25.9 Å². The quantitative estimate of drug-likeness (QED) is 0.822. The van der Waals surface area contributed by atoms with Crippen molar-refractivity contribution in [2.45, 2.75) is 50.7 Å². The van der Waals surface area contributed by atoms with Gasteiger partial charge in [-0.3, -0.25) is 4.90 Å². The van der Waals surface area contributed by atoms with Crippen LogP contribution in [0.5, 0.6) is 0 Å². The van der Waals surface area contributed by atoms with Gasteiger partial charge in [-0.15, -0.1) is 0 Å². The lowest BCUT2D eigenvalue weighted by Gasteiger charge is -2.49. The highest BCUT2D eigenvalue weighted by Gasteiger charge is 2.44. The second-order valence-electron chi connectivity index (χ2n) is 5.91. The molecule has 1 aromatic carbocycles.